The fraction of sp³-hybridized carbons (Fsp3) is 0.545. The molecule has 2 aromatic heterocycles. The average Bonchev–Trinajstić information content (AvgIpc) is 3.20. The van der Waals surface area contributed by atoms with Crippen LogP contribution in [-0.2, 0) is 11.3 Å². The highest BCUT2D eigenvalue weighted by Crippen LogP contribution is 2.23. The highest BCUT2D eigenvalue weighted by Gasteiger charge is 2.29. The first kappa shape index (κ1) is 19.8. The third-order valence-corrected chi connectivity index (χ3v) is 6.25. The lowest BCUT2D eigenvalue weighted by atomic mass is 9.96. The van der Waals surface area contributed by atoms with Gasteiger partial charge < -0.3 is 9.80 Å². The summed E-state index contributed by atoms with van der Waals surface area (Å²) >= 11 is 0. The Bertz CT molecular complexity index is 890. The zero-order valence-electron chi connectivity index (χ0n) is 17.0. The summed E-state index contributed by atoms with van der Waals surface area (Å²) in [5.41, 5.74) is 1.52. The summed E-state index contributed by atoms with van der Waals surface area (Å²) in [6.07, 6.45) is 9.48. The van der Waals surface area contributed by atoms with Crippen molar-refractivity contribution in [2.45, 2.75) is 45.2 Å². The summed E-state index contributed by atoms with van der Waals surface area (Å²) in [5, 5.41) is 0. The molecule has 1 amide bonds. The van der Waals surface area contributed by atoms with Gasteiger partial charge in [-0.15, -0.1) is 0 Å². The molecular formula is C22H29N5O2. The molecule has 0 saturated carbocycles. The molecule has 4 heterocycles. The van der Waals surface area contributed by atoms with Crippen molar-refractivity contribution in [2.75, 3.05) is 26.2 Å². The Morgan fingerprint density at radius 3 is 2.69 bits per heavy atom. The number of nitrogens with zero attached hydrogens (tertiary/aromatic N) is 5. The van der Waals surface area contributed by atoms with Crippen molar-refractivity contribution >= 4 is 5.91 Å². The van der Waals surface area contributed by atoms with Crippen molar-refractivity contribution in [3.63, 3.8) is 0 Å². The fourth-order valence-corrected chi connectivity index (χ4v) is 4.60. The van der Waals surface area contributed by atoms with Crippen molar-refractivity contribution in [2.24, 2.45) is 5.92 Å². The van der Waals surface area contributed by atoms with Gasteiger partial charge in [0.05, 0.1) is 12.0 Å². The Kier molecular flexibility index (Phi) is 6.04. The molecule has 29 heavy (non-hydrogen) atoms. The van der Waals surface area contributed by atoms with Gasteiger partial charge in [-0.3, -0.25) is 19.1 Å². The Morgan fingerprint density at radius 2 is 2.00 bits per heavy atom. The summed E-state index contributed by atoms with van der Waals surface area (Å²) in [6.45, 7) is 6.34. The fourth-order valence-electron chi connectivity index (χ4n) is 4.60. The first-order valence-corrected chi connectivity index (χ1v) is 10.6. The molecule has 1 unspecified atom stereocenters. The molecule has 0 aromatic carbocycles. The molecule has 0 aliphatic carbocycles. The second kappa shape index (κ2) is 8.86. The molecule has 1 atom stereocenters. The van der Waals surface area contributed by atoms with Gasteiger partial charge in [-0.2, -0.15) is 0 Å². The molecule has 154 valence electrons. The molecule has 7 heteroatoms. The van der Waals surface area contributed by atoms with Gasteiger partial charge in [-0.25, -0.2) is 4.98 Å². The van der Waals surface area contributed by atoms with E-state index in [2.05, 4.69) is 14.9 Å². The summed E-state index contributed by atoms with van der Waals surface area (Å²) in [5.74, 6) is 0.687. The van der Waals surface area contributed by atoms with Crippen molar-refractivity contribution in [1.29, 1.82) is 0 Å². The second-order valence-electron chi connectivity index (χ2n) is 8.26. The number of amides is 1. The van der Waals surface area contributed by atoms with Crippen molar-refractivity contribution in [1.82, 2.24) is 24.3 Å². The third-order valence-electron chi connectivity index (χ3n) is 6.25. The summed E-state index contributed by atoms with van der Waals surface area (Å²) < 4.78 is 1.73. The maximum Gasteiger partial charge on any atom is 0.253 e. The first-order valence-electron chi connectivity index (χ1n) is 10.6. The minimum atomic E-state index is -0.00987. The Labute approximate surface area is 171 Å². The molecule has 0 N–H and O–H groups in total. The van der Waals surface area contributed by atoms with Gasteiger partial charge in [-0.1, -0.05) is 0 Å². The van der Waals surface area contributed by atoms with E-state index in [0.717, 1.165) is 64.0 Å². The van der Waals surface area contributed by atoms with Crippen LogP contribution in [0.5, 0.6) is 0 Å². The molecule has 7 nitrogen and oxygen atoms in total. The number of hydrogen-bond acceptors (Lipinski definition) is 5. The minimum Gasteiger partial charge on any atom is -0.339 e. The number of carbonyl (C=O) groups is 1. The van der Waals surface area contributed by atoms with Crippen LogP contribution in [0.3, 0.4) is 0 Å². The molecule has 0 bridgehead atoms. The van der Waals surface area contributed by atoms with Crippen LogP contribution in [0.4, 0.5) is 0 Å². The van der Waals surface area contributed by atoms with E-state index in [-0.39, 0.29) is 11.5 Å². The zero-order valence-corrected chi connectivity index (χ0v) is 17.0. The molecule has 2 saturated heterocycles. The Morgan fingerprint density at radius 1 is 1.17 bits per heavy atom. The van der Waals surface area contributed by atoms with E-state index < -0.39 is 0 Å². The van der Waals surface area contributed by atoms with E-state index >= 15 is 0 Å². The average molecular weight is 396 g/mol. The molecule has 0 radical (unpaired) electrons. The lowest BCUT2D eigenvalue weighted by Crippen LogP contribution is -2.45. The van der Waals surface area contributed by atoms with E-state index in [9.17, 15) is 9.59 Å². The van der Waals surface area contributed by atoms with Crippen LogP contribution < -0.4 is 5.56 Å². The lowest BCUT2D eigenvalue weighted by molar-refractivity contribution is -0.130. The number of hydrogen-bond donors (Lipinski definition) is 0. The van der Waals surface area contributed by atoms with Gasteiger partial charge in [0, 0.05) is 56.6 Å². The quantitative estimate of drug-likeness (QED) is 0.775. The van der Waals surface area contributed by atoms with Gasteiger partial charge in [-0.05, 0) is 56.8 Å². The van der Waals surface area contributed by atoms with E-state index in [0.29, 0.717) is 17.7 Å². The summed E-state index contributed by atoms with van der Waals surface area (Å²) in [6, 6.07) is 5.72. The molecule has 2 aliphatic rings. The van der Waals surface area contributed by atoms with E-state index in [4.69, 9.17) is 0 Å². The van der Waals surface area contributed by atoms with E-state index in [1.165, 1.54) is 0 Å². The van der Waals surface area contributed by atoms with Gasteiger partial charge in [0.1, 0.15) is 0 Å². The normalized spacial score (nSPS) is 20.9. The smallest absolute Gasteiger partial charge is 0.253 e. The maximum atomic E-state index is 12.5. The van der Waals surface area contributed by atoms with Crippen molar-refractivity contribution in [3.8, 4) is 11.3 Å². The molecular weight excluding hydrogens is 366 g/mol. The number of piperidine rings is 1. The lowest BCUT2D eigenvalue weighted by Gasteiger charge is -2.35. The maximum absolute atomic E-state index is 12.5. The van der Waals surface area contributed by atoms with Crippen LogP contribution in [0.2, 0.25) is 0 Å². The minimum absolute atomic E-state index is 0.00987. The SMILES string of the molecule is CC(=O)N1CCCC1CN1CCC(Cn2cnc(-c3cccnc3)cc2=O)CC1. The molecule has 2 aliphatic heterocycles. The van der Waals surface area contributed by atoms with Crippen LogP contribution in [0.25, 0.3) is 11.3 Å². The molecule has 0 spiro atoms. The summed E-state index contributed by atoms with van der Waals surface area (Å²) in [4.78, 5) is 37.4. The molecule has 2 aromatic rings. The van der Waals surface area contributed by atoms with Crippen LogP contribution in [0, 0.1) is 5.92 Å². The standard InChI is InChI=1S/C22H29N5O2/c1-17(28)27-9-3-5-20(27)15-25-10-6-18(7-11-25)14-26-16-24-21(12-22(26)29)19-4-2-8-23-13-19/h2,4,8,12-13,16,18,20H,3,5-7,9-11,14-15H2,1H3. The van der Waals surface area contributed by atoms with Crippen LogP contribution in [-0.4, -0.2) is 62.5 Å². The number of aromatic nitrogens is 3. The Balaban J connectivity index is 1.31. The highest BCUT2D eigenvalue weighted by molar-refractivity contribution is 5.73. The molecule has 2 fully saturated rings. The monoisotopic (exact) mass is 395 g/mol. The van der Waals surface area contributed by atoms with Crippen molar-refractivity contribution in [3.05, 3.63) is 47.3 Å². The van der Waals surface area contributed by atoms with Crippen molar-refractivity contribution < 1.29 is 4.79 Å². The Hall–Kier alpha value is -2.54. The number of pyridine rings is 1. The highest BCUT2D eigenvalue weighted by atomic mass is 16.2. The van der Waals surface area contributed by atoms with E-state index in [1.807, 2.05) is 17.0 Å². The third kappa shape index (κ3) is 4.72. The largest absolute Gasteiger partial charge is 0.339 e. The zero-order chi connectivity index (χ0) is 20.2. The van der Waals surface area contributed by atoms with Gasteiger partial charge in [0.2, 0.25) is 5.91 Å². The van der Waals surface area contributed by atoms with Gasteiger partial charge >= 0.3 is 0 Å². The first-order chi connectivity index (χ1) is 14.1. The number of likely N-dealkylation sites (tertiary alicyclic amines) is 2. The van der Waals surface area contributed by atoms with E-state index in [1.54, 1.807) is 36.3 Å². The number of rotatable bonds is 5. The summed E-state index contributed by atoms with van der Waals surface area (Å²) in [7, 11) is 0. The topological polar surface area (TPSA) is 71.3 Å². The predicted octanol–water partition coefficient (Wildman–Crippen LogP) is 2.03. The van der Waals surface area contributed by atoms with Crippen LogP contribution in [0.1, 0.15) is 32.6 Å². The van der Waals surface area contributed by atoms with Gasteiger partial charge in [0.25, 0.3) is 5.56 Å². The van der Waals surface area contributed by atoms with Crippen LogP contribution in [0.15, 0.2) is 41.7 Å². The van der Waals surface area contributed by atoms with Crippen LogP contribution >= 0.6 is 0 Å². The predicted molar refractivity (Wildman–Crippen MR) is 111 cm³/mol. The van der Waals surface area contributed by atoms with Gasteiger partial charge in [0.15, 0.2) is 0 Å². The second-order valence-corrected chi connectivity index (χ2v) is 8.26. The molecule has 4 rings (SSSR count). The number of carbonyl (C=O) groups excluding carboxylic acids is 1.